The maximum atomic E-state index is 11.4. The Morgan fingerprint density at radius 2 is 2.11 bits per heavy atom. The maximum absolute atomic E-state index is 11.4. The topological polar surface area (TPSA) is 110 Å². The molecule has 7 heteroatoms. The number of nitrogens with two attached hydrogens (primary N) is 2. The average molecular weight is 285 g/mol. The van der Waals surface area contributed by atoms with Crippen LogP contribution in [0.1, 0.15) is 19.8 Å². The van der Waals surface area contributed by atoms with Crippen molar-refractivity contribution >= 4 is 21.4 Å². The van der Waals surface area contributed by atoms with Crippen molar-refractivity contribution in [3.8, 4) is 0 Å². The molecular weight excluding hydrogens is 266 g/mol. The van der Waals surface area contributed by atoms with Gasteiger partial charge in [0.15, 0.2) is 0 Å². The van der Waals surface area contributed by atoms with Gasteiger partial charge in [0.2, 0.25) is 10.0 Å². The lowest BCUT2D eigenvalue weighted by Crippen LogP contribution is -2.46. The van der Waals surface area contributed by atoms with Crippen molar-refractivity contribution in [2.45, 2.75) is 30.3 Å². The Balaban J connectivity index is 2.39. The van der Waals surface area contributed by atoms with E-state index in [0.29, 0.717) is 17.9 Å². The molecule has 1 aromatic rings. The summed E-state index contributed by atoms with van der Waals surface area (Å²) in [7, 11) is -3.75. The lowest BCUT2D eigenvalue weighted by atomic mass is 9.94. The summed E-state index contributed by atoms with van der Waals surface area (Å²) in [5, 5.41) is 15.2. The van der Waals surface area contributed by atoms with Crippen LogP contribution in [0, 0.1) is 0 Å². The zero-order valence-corrected chi connectivity index (χ0v) is 11.7. The second-order valence-corrected chi connectivity index (χ2v) is 6.85. The maximum Gasteiger partial charge on any atom is 0.238 e. The Kier molecular flexibility index (Phi) is 3.46. The number of hydrogen-bond donors (Lipinski definition) is 3. The summed E-state index contributed by atoms with van der Waals surface area (Å²) < 4.78 is 22.8. The summed E-state index contributed by atoms with van der Waals surface area (Å²) in [5.41, 5.74) is 6.18. The SMILES string of the molecule is CC1(O)CCCN(c2cc(S(N)(=O)=O)ccc2N)C1. The van der Waals surface area contributed by atoms with Gasteiger partial charge in [0, 0.05) is 13.1 Å². The molecule has 2 rings (SSSR count). The van der Waals surface area contributed by atoms with Gasteiger partial charge in [-0.15, -0.1) is 0 Å². The van der Waals surface area contributed by atoms with Gasteiger partial charge in [0.25, 0.3) is 0 Å². The Morgan fingerprint density at radius 1 is 1.42 bits per heavy atom. The molecule has 1 saturated heterocycles. The van der Waals surface area contributed by atoms with E-state index in [0.717, 1.165) is 19.4 Å². The monoisotopic (exact) mass is 285 g/mol. The molecule has 0 bridgehead atoms. The van der Waals surface area contributed by atoms with Crippen LogP contribution in [0.15, 0.2) is 23.1 Å². The highest BCUT2D eigenvalue weighted by Gasteiger charge is 2.29. The van der Waals surface area contributed by atoms with Gasteiger partial charge in [-0.05, 0) is 38.0 Å². The average Bonchev–Trinajstić information content (AvgIpc) is 2.26. The van der Waals surface area contributed by atoms with Crippen LogP contribution < -0.4 is 15.8 Å². The molecule has 1 aliphatic heterocycles. The van der Waals surface area contributed by atoms with E-state index in [-0.39, 0.29) is 4.90 Å². The van der Waals surface area contributed by atoms with E-state index in [2.05, 4.69) is 0 Å². The van der Waals surface area contributed by atoms with Gasteiger partial charge in [-0.2, -0.15) is 0 Å². The molecule has 0 aliphatic carbocycles. The van der Waals surface area contributed by atoms with Crippen LogP contribution in [-0.2, 0) is 10.0 Å². The number of nitrogen functional groups attached to an aromatic ring is 1. The molecule has 0 radical (unpaired) electrons. The van der Waals surface area contributed by atoms with Gasteiger partial charge >= 0.3 is 0 Å². The van der Waals surface area contributed by atoms with Crippen molar-refractivity contribution in [1.29, 1.82) is 0 Å². The summed E-state index contributed by atoms with van der Waals surface area (Å²) >= 11 is 0. The number of nitrogens with zero attached hydrogens (tertiary/aromatic N) is 1. The molecule has 1 atom stereocenters. The Morgan fingerprint density at radius 3 is 2.68 bits per heavy atom. The number of sulfonamides is 1. The molecule has 5 N–H and O–H groups in total. The Labute approximate surface area is 113 Å². The summed E-state index contributed by atoms with van der Waals surface area (Å²) in [6, 6.07) is 4.38. The molecule has 6 nitrogen and oxygen atoms in total. The van der Waals surface area contributed by atoms with Crippen LogP contribution in [0.5, 0.6) is 0 Å². The quantitative estimate of drug-likeness (QED) is 0.676. The fraction of sp³-hybridized carbons (Fsp3) is 0.500. The zero-order valence-electron chi connectivity index (χ0n) is 10.8. The Hall–Kier alpha value is -1.31. The first-order valence-electron chi connectivity index (χ1n) is 6.09. The lowest BCUT2D eigenvalue weighted by molar-refractivity contribution is 0.0449. The highest BCUT2D eigenvalue weighted by atomic mass is 32.2. The third-order valence-corrected chi connectivity index (χ3v) is 4.26. The standard InChI is InChI=1S/C12H19N3O3S/c1-12(16)5-2-6-15(8-12)11-7-9(19(14,17)18)3-4-10(11)13/h3-4,7,16H,2,5-6,8,13H2,1H3,(H2,14,17,18). The molecule has 1 fully saturated rings. The van der Waals surface area contributed by atoms with Crippen molar-refractivity contribution in [3.05, 3.63) is 18.2 Å². The molecule has 0 spiro atoms. The number of aliphatic hydroxyl groups is 1. The Bertz CT molecular complexity index is 584. The van der Waals surface area contributed by atoms with Crippen LogP contribution in [0.2, 0.25) is 0 Å². The highest BCUT2D eigenvalue weighted by molar-refractivity contribution is 7.89. The van der Waals surface area contributed by atoms with E-state index in [9.17, 15) is 13.5 Å². The molecule has 0 amide bonds. The number of hydrogen-bond acceptors (Lipinski definition) is 5. The third-order valence-electron chi connectivity index (χ3n) is 3.35. The normalized spacial score (nSPS) is 24.5. The largest absolute Gasteiger partial charge is 0.397 e. The second kappa shape index (κ2) is 4.66. The number of β-amino-alcohol motifs (C(OH)–C–C–N with tert-alkyl or cyclic N) is 1. The minimum atomic E-state index is -3.75. The van der Waals surface area contributed by atoms with E-state index >= 15 is 0 Å². The fourth-order valence-electron chi connectivity index (χ4n) is 2.40. The molecule has 19 heavy (non-hydrogen) atoms. The van der Waals surface area contributed by atoms with E-state index in [4.69, 9.17) is 10.9 Å². The van der Waals surface area contributed by atoms with Crippen LogP contribution in [0.25, 0.3) is 0 Å². The number of anilines is 2. The van der Waals surface area contributed by atoms with Crippen molar-refractivity contribution in [3.63, 3.8) is 0 Å². The third kappa shape index (κ3) is 3.17. The van der Waals surface area contributed by atoms with Crippen LogP contribution in [-0.4, -0.2) is 32.2 Å². The summed E-state index contributed by atoms with van der Waals surface area (Å²) in [6.07, 6.45) is 1.55. The minimum Gasteiger partial charge on any atom is -0.397 e. The van der Waals surface area contributed by atoms with Crippen molar-refractivity contribution in [2.75, 3.05) is 23.7 Å². The van der Waals surface area contributed by atoms with Crippen LogP contribution in [0.3, 0.4) is 0 Å². The molecule has 0 saturated carbocycles. The predicted molar refractivity (Wildman–Crippen MR) is 74.3 cm³/mol. The number of piperidine rings is 1. The van der Waals surface area contributed by atoms with Gasteiger partial charge in [0.1, 0.15) is 0 Å². The predicted octanol–water partition coefficient (Wildman–Crippen LogP) is 0.267. The molecular formula is C12H19N3O3S. The second-order valence-electron chi connectivity index (χ2n) is 5.29. The van der Waals surface area contributed by atoms with Gasteiger partial charge in [-0.3, -0.25) is 0 Å². The van der Waals surface area contributed by atoms with Gasteiger partial charge in [-0.25, -0.2) is 13.6 Å². The van der Waals surface area contributed by atoms with Gasteiger partial charge < -0.3 is 15.7 Å². The lowest BCUT2D eigenvalue weighted by Gasteiger charge is -2.38. The van der Waals surface area contributed by atoms with Crippen LogP contribution in [0.4, 0.5) is 11.4 Å². The van der Waals surface area contributed by atoms with Crippen molar-refractivity contribution < 1.29 is 13.5 Å². The van der Waals surface area contributed by atoms with Crippen LogP contribution >= 0.6 is 0 Å². The highest BCUT2D eigenvalue weighted by Crippen LogP contribution is 2.31. The van der Waals surface area contributed by atoms with Gasteiger partial charge in [-0.1, -0.05) is 0 Å². The molecule has 0 aromatic heterocycles. The summed E-state index contributed by atoms with van der Waals surface area (Å²) in [4.78, 5) is 1.93. The van der Waals surface area contributed by atoms with Crippen molar-refractivity contribution in [1.82, 2.24) is 0 Å². The minimum absolute atomic E-state index is 0.0296. The zero-order chi connectivity index (χ0) is 14.3. The fourth-order valence-corrected chi connectivity index (χ4v) is 2.93. The number of primary sulfonamides is 1. The van der Waals surface area contributed by atoms with E-state index < -0.39 is 15.6 Å². The van der Waals surface area contributed by atoms with E-state index in [1.165, 1.54) is 18.2 Å². The number of benzene rings is 1. The first kappa shape index (κ1) is 14.1. The van der Waals surface area contributed by atoms with Crippen molar-refractivity contribution in [2.24, 2.45) is 5.14 Å². The number of rotatable bonds is 2. The summed E-state index contributed by atoms with van der Waals surface area (Å²) in [5.74, 6) is 0. The molecule has 106 valence electrons. The smallest absolute Gasteiger partial charge is 0.238 e. The molecule has 1 aromatic carbocycles. The molecule has 1 heterocycles. The van der Waals surface area contributed by atoms with Gasteiger partial charge in [0.05, 0.1) is 21.9 Å². The van der Waals surface area contributed by atoms with E-state index in [1.54, 1.807) is 6.92 Å². The molecule has 1 unspecified atom stereocenters. The first-order valence-corrected chi connectivity index (χ1v) is 7.63. The van der Waals surface area contributed by atoms with E-state index in [1.807, 2.05) is 4.90 Å². The molecule has 1 aliphatic rings. The first-order chi connectivity index (χ1) is 8.69. The summed E-state index contributed by atoms with van der Waals surface area (Å²) in [6.45, 7) is 2.92.